The van der Waals surface area contributed by atoms with Crippen molar-refractivity contribution >= 4 is 40.9 Å². The molecule has 1 aliphatic rings. The highest BCUT2D eigenvalue weighted by Crippen LogP contribution is 2.41. The van der Waals surface area contributed by atoms with Crippen molar-refractivity contribution in [1.82, 2.24) is 10.3 Å². The number of nitriles is 2. The summed E-state index contributed by atoms with van der Waals surface area (Å²) in [5.74, 6) is -0.273. The molecule has 3 rings (SSSR count). The normalized spacial score (nSPS) is 14.6. The number of esters is 1. The maximum absolute atomic E-state index is 11.8. The molecule has 1 unspecified atom stereocenters. The minimum Gasteiger partial charge on any atom is -0.465 e. The van der Waals surface area contributed by atoms with Crippen molar-refractivity contribution in [2.75, 3.05) is 23.9 Å². The van der Waals surface area contributed by atoms with Gasteiger partial charge in [0, 0.05) is 5.56 Å². The van der Waals surface area contributed by atoms with Crippen molar-refractivity contribution < 1.29 is 9.53 Å². The molecule has 0 radical (unpaired) electrons. The number of nitrogens with zero attached hydrogens (tertiary/aromatic N) is 4. The van der Waals surface area contributed by atoms with Crippen LogP contribution in [-0.4, -0.2) is 24.0 Å². The molecule has 0 amide bonds. The number of nitrogens with one attached hydrogen (secondary N) is 2. The van der Waals surface area contributed by atoms with Gasteiger partial charge in [-0.15, -0.1) is 0 Å². The number of hydrogen-bond acceptors (Lipinski definition) is 10. The van der Waals surface area contributed by atoms with Crippen LogP contribution >= 0.6 is 11.6 Å². The number of carbonyl (C=O) groups excluding carboxylic acids is 1. The smallest absolute Gasteiger partial charge is 0.339 e. The fourth-order valence-corrected chi connectivity index (χ4v) is 3.07. The molecule has 0 bridgehead atoms. The van der Waals surface area contributed by atoms with Crippen LogP contribution in [0.25, 0.3) is 0 Å². The topological polar surface area (TPSA) is 175 Å². The summed E-state index contributed by atoms with van der Waals surface area (Å²) < 4.78 is 4.68. The number of nitrogen functional groups attached to an aromatic ring is 2. The zero-order valence-corrected chi connectivity index (χ0v) is 15.2. The molecule has 2 aromatic rings. The summed E-state index contributed by atoms with van der Waals surface area (Å²) in [4.78, 5) is 20.3. The minimum atomic E-state index is -0.753. The molecule has 10 nitrogen and oxygen atoms in total. The third-order valence-electron chi connectivity index (χ3n) is 4.07. The van der Waals surface area contributed by atoms with Crippen LogP contribution in [0.4, 0.5) is 17.3 Å². The molecule has 11 heteroatoms. The van der Waals surface area contributed by atoms with Gasteiger partial charge in [-0.2, -0.15) is 10.5 Å². The first kappa shape index (κ1) is 18.8. The fourth-order valence-electron chi connectivity index (χ4n) is 2.80. The number of hydrogen-bond donors (Lipinski definition) is 4. The summed E-state index contributed by atoms with van der Waals surface area (Å²) in [6.45, 7) is 0. The Morgan fingerprint density at radius 2 is 2.14 bits per heavy atom. The Hall–Kier alpha value is -4.02. The zero-order valence-electron chi connectivity index (χ0n) is 14.4. The maximum atomic E-state index is 11.8. The van der Waals surface area contributed by atoms with E-state index in [1.165, 1.54) is 19.2 Å². The predicted molar refractivity (Wildman–Crippen MR) is 102 cm³/mol. The summed E-state index contributed by atoms with van der Waals surface area (Å²) >= 11 is 6.22. The van der Waals surface area contributed by atoms with E-state index in [0.717, 1.165) is 0 Å². The van der Waals surface area contributed by atoms with Gasteiger partial charge in [-0.05, 0) is 17.7 Å². The molecule has 0 saturated heterocycles. The Labute approximate surface area is 164 Å². The first-order valence-electron chi connectivity index (χ1n) is 7.77. The Kier molecular flexibility index (Phi) is 4.90. The van der Waals surface area contributed by atoms with E-state index in [0.29, 0.717) is 11.1 Å². The molecule has 1 atom stereocenters. The third-order valence-corrected chi connectivity index (χ3v) is 4.38. The number of benzene rings is 1. The van der Waals surface area contributed by atoms with Crippen LogP contribution in [0.1, 0.15) is 33.1 Å². The van der Waals surface area contributed by atoms with E-state index >= 15 is 0 Å². The molecule has 6 N–H and O–H groups in total. The van der Waals surface area contributed by atoms with E-state index in [9.17, 15) is 10.1 Å². The largest absolute Gasteiger partial charge is 0.465 e. The second-order valence-corrected chi connectivity index (χ2v) is 6.04. The zero-order chi connectivity index (χ0) is 20.4. The van der Waals surface area contributed by atoms with E-state index in [1.807, 2.05) is 6.07 Å². The lowest BCUT2D eigenvalue weighted by Crippen LogP contribution is -2.32. The molecule has 0 spiro atoms. The fraction of sp³-hybridized carbons (Fsp3) is 0.118. The van der Waals surface area contributed by atoms with Gasteiger partial charge in [-0.3, -0.25) is 5.32 Å². The second kappa shape index (κ2) is 7.31. The number of anilines is 3. The number of halogens is 1. The molecular formula is C17H13ClN8O2. The summed E-state index contributed by atoms with van der Waals surface area (Å²) in [5.41, 5.74) is 13.2. The number of ether oxygens (including phenoxy) is 1. The highest BCUT2D eigenvalue weighted by atomic mass is 35.5. The summed E-state index contributed by atoms with van der Waals surface area (Å²) in [5, 5.41) is 23.6. The Morgan fingerprint density at radius 1 is 1.39 bits per heavy atom. The Balaban J connectivity index is 2.20. The summed E-state index contributed by atoms with van der Waals surface area (Å²) in [6.07, 6.45) is 1.76. The van der Waals surface area contributed by atoms with Gasteiger partial charge in [-0.1, -0.05) is 17.7 Å². The summed E-state index contributed by atoms with van der Waals surface area (Å²) in [6, 6.07) is 5.81. The average Bonchev–Trinajstić information content (AvgIpc) is 2.67. The van der Waals surface area contributed by atoms with Gasteiger partial charge >= 0.3 is 5.97 Å². The molecule has 28 heavy (non-hydrogen) atoms. The third kappa shape index (κ3) is 3.09. The van der Waals surface area contributed by atoms with Gasteiger partial charge in [-0.25, -0.2) is 14.8 Å². The number of pyridine rings is 1. The van der Waals surface area contributed by atoms with E-state index < -0.39 is 12.0 Å². The van der Waals surface area contributed by atoms with Gasteiger partial charge in [0.25, 0.3) is 0 Å². The van der Waals surface area contributed by atoms with Crippen molar-refractivity contribution in [2.24, 2.45) is 4.99 Å². The van der Waals surface area contributed by atoms with Crippen molar-refractivity contribution in [3.05, 3.63) is 45.5 Å². The monoisotopic (exact) mass is 396 g/mol. The molecule has 1 aliphatic heterocycles. The number of methoxy groups -OCH3 is 1. The molecular weight excluding hydrogens is 384 g/mol. The quantitative estimate of drug-likeness (QED) is 0.332. The van der Waals surface area contributed by atoms with Crippen LogP contribution < -0.4 is 22.1 Å². The molecule has 140 valence electrons. The second-order valence-electron chi connectivity index (χ2n) is 5.63. The lowest BCUT2D eigenvalue weighted by atomic mass is 9.94. The highest BCUT2D eigenvalue weighted by molar-refractivity contribution is 6.33. The Morgan fingerprint density at radius 3 is 2.75 bits per heavy atom. The lowest BCUT2D eigenvalue weighted by molar-refractivity contribution is 0.0601. The number of guanidine groups is 1. The van der Waals surface area contributed by atoms with Gasteiger partial charge in [0.2, 0.25) is 5.96 Å². The number of carbonyl (C=O) groups is 1. The van der Waals surface area contributed by atoms with Crippen LogP contribution in [0, 0.1) is 22.8 Å². The first-order chi connectivity index (χ1) is 13.4. The SMILES string of the molecule is COC(=O)c1ccc(C2N=C(NC#N)Nc3nc(N)c(C#N)c(N)c32)cc1Cl. The van der Waals surface area contributed by atoms with Crippen LogP contribution in [-0.2, 0) is 4.74 Å². The Bertz CT molecular complexity index is 1100. The molecule has 2 heterocycles. The van der Waals surface area contributed by atoms with Crippen molar-refractivity contribution in [2.45, 2.75) is 6.04 Å². The standard InChI is InChI=1S/C17H13ClN8O2/c1-28-16(27)8-3-2-7(4-10(8)18)13-11-12(21)9(5-19)14(22)25-15(11)26-17(24-13)23-6-20/h2-4,13H,1H3,(H6,21,22,23,24,25,26). The molecule has 1 aromatic heterocycles. The van der Waals surface area contributed by atoms with Crippen LogP contribution in [0.15, 0.2) is 23.2 Å². The summed E-state index contributed by atoms with van der Waals surface area (Å²) in [7, 11) is 1.25. The molecule has 1 aromatic carbocycles. The highest BCUT2D eigenvalue weighted by Gasteiger charge is 2.30. The van der Waals surface area contributed by atoms with Crippen LogP contribution in [0.2, 0.25) is 5.02 Å². The van der Waals surface area contributed by atoms with Crippen molar-refractivity contribution in [1.29, 1.82) is 10.5 Å². The van der Waals surface area contributed by atoms with Gasteiger partial charge in [0.1, 0.15) is 29.3 Å². The number of fused-ring (bicyclic) bond motifs is 1. The predicted octanol–water partition coefficient (Wildman–Crippen LogP) is 1.50. The minimum absolute atomic E-state index is 0.0229. The van der Waals surface area contributed by atoms with Crippen LogP contribution in [0.5, 0.6) is 0 Å². The number of rotatable bonds is 2. The number of aromatic nitrogens is 1. The first-order valence-corrected chi connectivity index (χ1v) is 8.15. The van der Waals surface area contributed by atoms with E-state index in [-0.39, 0.29) is 39.4 Å². The number of aliphatic imine (C=N–C) groups is 1. The molecule has 0 saturated carbocycles. The van der Waals surface area contributed by atoms with Gasteiger partial charge < -0.3 is 21.5 Å². The van der Waals surface area contributed by atoms with E-state index in [2.05, 4.69) is 25.3 Å². The van der Waals surface area contributed by atoms with Crippen molar-refractivity contribution in [3.63, 3.8) is 0 Å². The maximum Gasteiger partial charge on any atom is 0.339 e. The van der Waals surface area contributed by atoms with Crippen molar-refractivity contribution in [3.8, 4) is 12.3 Å². The van der Waals surface area contributed by atoms with E-state index in [1.54, 1.807) is 12.3 Å². The van der Waals surface area contributed by atoms with E-state index in [4.69, 9.17) is 28.3 Å². The molecule has 0 aliphatic carbocycles. The average molecular weight is 397 g/mol. The molecule has 0 fully saturated rings. The lowest BCUT2D eigenvalue weighted by Gasteiger charge is -2.26. The number of nitrogens with two attached hydrogens (primary N) is 2. The van der Waals surface area contributed by atoms with Gasteiger partial charge in [0.15, 0.2) is 6.19 Å². The van der Waals surface area contributed by atoms with Gasteiger partial charge in [0.05, 0.1) is 23.4 Å². The van der Waals surface area contributed by atoms with Crippen LogP contribution in [0.3, 0.4) is 0 Å².